The highest BCUT2D eigenvalue weighted by atomic mass is 35.5. The summed E-state index contributed by atoms with van der Waals surface area (Å²) in [6, 6.07) is 8.39. The van der Waals surface area contributed by atoms with Crippen molar-refractivity contribution in [1.82, 2.24) is 5.32 Å². The van der Waals surface area contributed by atoms with E-state index in [0.29, 0.717) is 11.3 Å². The van der Waals surface area contributed by atoms with Crippen LogP contribution in [-0.4, -0.2) is 13.1 Å². The molecule has 1 saturated carbocycles. The van der Waals surface area contributed by atoms with Crippen molar-refractivity contribution in [2.75, 3.05) is 13.1 Å². The topological polar surface area (TPSA) is 12.0 Å². The first-order valence-corrected chi connectivity index (χ1v) is 6.14. The number of benzene rings is 1. The van der Waals surface area contributed by atoms with Crippen LogP contribution in [0.3, 0.4) is 0 Å². The summed E-state index contributed by atoms with van der Waals surface area (Å²) in [6.07, 6.45) is 4.17. The van der Waals surface area contributed by atoms with Crippen molar-refractivity contribution in [2.45, 2.75) is 25.2 Å². The molecule has 0 radical (unpaired) electrons. The number of rotatable bonds is 1. The summed E-state index contributed by atoms with van der Waals surface area (Å²) in [4.78, 5) is 0. The van der Waals surface area contributed by atoms with Gasteiger partial charge < -0.3 is 5.32 Å². The van der Waals surface area contributed by atoms with Gasteiger partial charge in [0, 0.05) is 24.0 Å². The largest absolute Gasteiger partial charge is 0.316 e. The maximum atomic E-state index is 6.06. The van der Waals surface area contributed by atoms with E-state index in [2.05, 4.69) is 23.5 Å². The minimum absolute atomic E-state index is 0.560. The van der Waals surface area contributed by atoms with Crippen molar-refractivity contribution in [3.63, 3.8) is 0 Å². The second-order valence-corrected chi connectivity index (χ2v) is 5.39. The monoisotopic (exact) mass is 221 g/mol. The third kappa shape index (κ3) is 1.49. The zero-order chi connectivity index (χ0) is 10.3. The van der Waals surface area contributed by atoms with Crippen LogP contribution >= 0.6 is 11.6 Å². The molecule has 1 saturated heterocycles. The van der Waals surface area contributed by atoms with E-state index < -0.39 is 0 Å². The molecule has 1 aliphatic heterocycles. The maximum Gasteiger partial charge on any atom is 0.0408 e. The molecule has 2 heteroatoms. The van der Waals surface area contributed by atoms with E-state index in [1.165, 1.54) is 31.4 Å². The highest BCUT2D eigenvalue weighted by Crippen LogP contribution is 2.53. The van der Waals surface area contributed by atoms with Gasteiger partial charge in [-0.25, -0.2) is 0 Å². The lowest BCUT2D eigenvalue weighted by atomic mass is 9.61. The third-order valence-corrected chi connectivity index (χ3v) is 4.40. The molecule has 1 atom stereocenters. The lowest BCUT2D eigenvalue weighted by Crippen LogP contribution is -2.36. The van der Waals surface area contributed by atoms with E-state index >= 15 is 0 Å². The van der Waals surface area contributed by atoms with Gasteiger partial charge in [0.05, 0.1) is 0 Å². The summed E-state index contributed by atoms with van der Waals surface area (Å²) in [5.74, 6) is 0.685. The van der Waals surface area contributed by atoms with E-state index in [9.17, 15) is 0 Å². The Morgan fingerprint density at radius 3 is 2.87 bits per heavy atom. The van der Waals surface area contributed by atoms with Crippen LogP contribution in [0, 0.1) is 5.41 Å². The van der Waals surface area contributed by atoms with E-state index in [4.69, 9.17) is 11.6 Å². The first-order valence-electron chi connectivity index (χ1n) is 5.76. The average molecular weight is 222 g/mol. The summed E-state index contributed by atoms with van der Waals surface area (Å²) in [5.41, 5.74) is 1.98. The standard InChI is InChI=1S/C13H16ClN/c14-11-4-1-3-10(7-11)12-8-15-9-13(12)5-2-6-13/h1,3-4,7,12,15H,2,5-6,8-9H2/t12-/m1/s1. The van der Waals surface area contributed by atoms with Crippen LogP contribution in [0.4, 0.5) is 0 Å². The Balaban J connectivity index is 1.93. The van der Waals surface area contributed by atoms with Gasteiger partial charge in [0.25, 0.3) is 0 Å². The van der Waals surface area contributed by atoms with Crippen molar-refractivity contribution in [3.05, 3.63) is 34.9 Å². The summed E-state index contributed by atoms with van der Waals surface area (Å²) in [6.45, 7) is 2.32. The van der Waals surface area contributed by atoms with Gasteiger partial charge in [-0.2, -0.15) is 0 Å². The molecular weight excluding hydrogens is 206 g/mol. The van der Waals surface area contributed by atoms with Gasteiger partial charge in [0.15, 0.2) is 0 Å². The molecule has 0 bridgehead atoms. The SMILES string of the molecule is Clc1cccc([C@H]2CNCC23CCC3)c1. The summed E-state index contributed by atoms with van der Waals surface area (Å²) >= 11 is 6.06. The van der Waals surface area contributed by atoms with Gasteiger partial charge in [-0.05, 0) is 36.0 Å². The predicted octanol–water partition coefficient (Wildman–Crippen LogP) is 3.20. The first-order chi connectivity index (χ1) is 7.30. The fourth-order valence-electron chi connectivity index (χ4n) is 3.16. The molecule has 1 aromatic rings. The molecule has 0 aromatic heterocycles. The molecule has 1 N–H and O–H groups in total. The molecule has 80 valence electrons. The number of nitrogens with one attached hydrogen (secondary N) is 1. The number of hydrogen-bond donors (Lipinski definition) is 1. The fraction of sp³-hybridized carbons (Fsp3) is 0.538. The van der Waals surface area contributed by atoms with Crippen LogP contribution in [0.25, 0.3) is 0 Å². The van der Waals surface area contributed by atoms with Gasteiger partial charge in [-0.3, -0.25) is 0 Å². The van der Waals surface area contributed by atoms with E-state index in [-0.39, 0.29) is 0 Å². The van der Waals surface area contributed by atoms with E-state index in [0.717, 1.165) is 11.6 Å². The van der Waals surface area contributed by atoms with Crippen LogP contribution in [0.2, 0.25) is 5.02 Å². The quantitative estimate of drug-likeness (QED) is 0.768. The zero-order valence-corrected chi connectivity index (χ0v) is 9.56. The Labute approximate surface area is 95.8 Å². The van der Waals surface area contributed by atoms with Gasteiger partial charge in [-0.15, -0.1) is 0 Å². The highest BCUT2D eigenvalue weighted by Gasteiger charge is 2.47. The number of halogens is 1. The van der Waals surface area contributed by atoms with Crippen LogP contribution in [0.15, 0.2) is 24.3 Å². The van der Waals surface area contributed by atoms with E-state index in [1.54, 1.807) is 0 Å². The van der Waals surface area contributed by atoms with Crippen molar-refractivity contribution < 1.29 is 0 Å². The Morgan fingerprint density at radius 1 is 1.33 bits per heavy atom. The second kappa shape index (κ2) is 3.50. The maximum absolute atomic E-state index is 6.06. The smallest absolute Gasteiger partial charge is 0.0408 e. The van der Waals surface area contributed by atoms with Crippen molar-refractivity contribution in [3.8, 4) is 0 Å². The van der Waals surface area contributed by atoms with Crippen LogP contribution in [0.1, 0.15) is 30.7 Å². The number of hydrogen-bond acceptors (Lipinski definition) is 1. The first kappa shape index (κ1) is 9.68. The van der Waals surface area contributed by atoms with Crippen molar-refractivity contribution in [1.29, 1.82) is 0 Å². The molecule has 1 aromatic carbocycles. The van der Waals surface area contributed by atoms with Gasteiger partial charge >= 0.3 is 0 Å². The zero-order valence-electron chi connectivity index (χ0n) is 8.80. The Hall–Kier alpha value is -0.530. The molecule has 2 fully saturated rings. The lowest BCUT2D eigenvalue weighted by molar-refractivity contribution is 0.137. The van der Waals surface area contributed by atoms with E-state index in [1.807, 2.05) is 6.07 Å². The minimum atomic E-state index is 0.560. The lowest BCUT2D eigenvalue weighted by Gasteiger charge is -2.43. The van der Waals surface area contributed by atoms with Crippen LogP contribution in [-0.2, 0) is 0 Å². The molecule has 0 unspecified atom stereocenters. The molecule has 15 heavy (non-hydrogen) atoms. The van der Waals surface area contributed by atoms with Gasteiger partial charge in [0.1, 0.15) is 0 Å². The Bertz CT molecular complexity index is 371. The minimum Gasteiger partial charge on any atom is -0.316 e. The summed E-state index contributed by atoms with van der Waals surface area (Å²) < 4.78 is 0. The third-order valence-electron chi connectivity index (χ3n) is 4.17. The van der Waals surface area contributed by atoms with Crippen LogP contribution in [0.5, 0.6) is 0 Å². The molecule has 1 nitrogen and oxygen atoms in total. The normalized spacial score (nSPS) is 27.9. The van der Waals surface area contributed by atoms with Crippen molar-refractivity contribution in [2.24, 2.45) is 5.41 Å². The predicted molar refractivity (Wildman–Crippen MR) is 63.3 cm³/mol. The summed E-state index contributed by atoms with van der Waals surface area (Å²) in [5, 5.41) is 4.41. The second-order valence-electron chi connectivity index (χ2n) is 4.95. The Morgan fingerprint density at radius 2 is 2.20 bits per heavy atom. The molecule has 0 amide bonds. The average Bonchev–Trinajstić information content (AvgIpc) is 2.61. The molecule has 1 aliphatic carbocycles. The molecule has 3 rings (SSSR count). The van der Waals surface area contributed by atoms with Crippen LogP contribution < -0.4 is 5.32 Å². The summed E-state index contributed by atoms with van der Waals surface area (Å²) in [7, 11) is 0. The molecular formula is C13H16ClN. The fourth-order valence-corrected chi connectivity index (χ4v) is 3.35. The van der Waals surface area contributed by atoms with Gasteiger partial charge in [0.2, 0.25) is 0 Å². The van der Waals surface area contributed by atoms with Crippen molar-refractivity contribution >= 4 is 11.6 Å². The highest BCUT2D eigenvalue weighted by molar-refractivity contribution is 6.30. The molecule has 2 aliphatic rings. The van der Waals surface area contributed by atoms with Gasteiger partial charge in [-0.1, -0.05) is 30.2 Å². The Kier molecular flexibility index (Phi) is 2.26. The molecule has 1 spiro atoms. The molecule has 1 heterocycles.